The fraction of sp³-hybridized carbons (Fsp3) is 0.333. The first kappa shape index (κ1) is 20.4. The number of halogens is 2. The van der Waals surface area contributed by atoms with Gasteiger partial charge in [-0.3, -0.25) is 4.90 Å². The van der Waals surface area contributed by atoms with E-state index < -0.39 is 6.43 Å². The van der Waals surface area contributed by atoms with Gasteiger partial charge in [-0.05, 0) is 30.7 Å². The molecule has 0 saturated carbocycles. The van der Waals surface area contributed by atoms with Crippen LogP contribution in [-0.4, -0.2) is 48.0 Å². The second-order valence-corrected chi connectivity index (χ2v) is 7.89. The van der Waals surface area contributed by atoms with E-state index in [1.165, 1.54) is 11.1 Å². The van der Waals surface area contributed by atoms with Gasteiger partial charge in [0.05, 0.1) is 12.2 Å². The van der Waals surface area contributed by atoms with E-state index in [0.717, 1.165) is 40.4 Å². The molecule has 6 heteroatoms. The topological polar surface area (TPSA) is 41.1 Å². The zero-order valence-electron chi connectivity index (χ0n) is 17.3. The Balaban J connectivity index is 1.61. The van der Waals surface area contributed by atoms with Gasteiger partial charge in [0.1, 0.15) is 11.6 Å². The molecule has 0 aliphatic heterocycles. The standard InChI is InChI=1S/C24H26F2N4/c1-16-8-9-19-18(12-16)14-20-23(19)24(27-10-11-30(2)15-21(25)26)29-22(28-20)13-17-6-4-3-5-7-17/h3-9,12,21H,10-11,13-15H2,1-2H3,(H,27,28,29). The van der Waals surface area contributed by atoms with Crippen molar-refractivity contribution in [1.82, 2.24) is 14.9 Å². The van der Waals surface area contributed by atoms with E-state index in [4.69, 9.17) is 9.97 Å². The molecule has 1 aliphatic rings. The van der Waals surface area contributed by atoms with Crippen LogP contribution in [0.2, 0.25) is 0 Å². The molecule has 0 unspecified atom stereocenters. The minimum absolute atomic E-state index is 0.231. The number of aryl methyl sites for hydroxylation is 1. The fourth-order valence-corrected chi connectivity index (χ4v) is 3.94. The number of hydrogen-bond acceptors (Lipinski definition) is 4. The van der Waals surface area contributed by atoms with E-state index in [2.05, 4.69) is 42.6 Å². The molecule has 0 spiro atoms. The predicted octanol–water partition coefficient (Wildman–Crippen LogP) is 4.56. The zero-order chi connectivity index (χ0) is 21.1. The van der Waals surface area contributed by atoms with Crippen molar-refractivity contribution in [1.29, 1.82) is 0 Å². The summed E-state index contributed by atoms with van der Waals surface area (Å²) in [6.45, 7) is 2.91. The summed E-state index contributed by atoms with van der Waals surface area (Å²) in [5.41, 5.74) is 6.87. The smallest absolute Gasteiger partial charge is 0.251 e. The van der Waals surface area contributed by atoms with Crippen LogP contribution in [0.5, 0.6) is 0 Å². The summed E-state index contributed by atoms with van der Waals surface area (Å²) in [4.78, 5) is 11.3. The summed E-state index contributed by atoms with van der Waals surface area (Å²) in [6, 6.07) is 16.6. The lowest BCUT2D eigenvalue weighted by molar-refractivity contribution is 0.102. The highest BCUT2D eigenvalue weighted by Gasteiger charge is 2.25. The minimum atomic E-state index is -2.33. The van der Waals surface area contributed by atoms with Crippen molar-refractivity contribution in [2.24, 2.45) is 0 Å². The number of alkyl halides is 2. The van der Waals surface area contributed by atoms with Crippen molar-refractivity contribution in [2.45, 2.75) is 26.2 Å². The van der Waals surface area contributed by atoms with Crippen LogP contribution in [0.1, 0.15) is 28.2 Å². The van der Waals surface area contributed by atoms with Gasteiger partial charge in [-0.1, -0.05) is 54.1 Å². The van der Waals surface area contributed by atoms with Crippen LogP contribution in [0.3, 0.4) is 0 Å². The Morgan fingerprint density at radius 2 is 1.90 bits per heavy atom. The van der Waals surface area contributed by atoms with Crippen molar-refractivity contribution in [2.75, 3.05) is 32.0 Å². The quantitative estimate of drug-likeness (QED) is 0.464. The van der Waals surface area contributed by atoms with Crippen molar-refractivity contribution in [3.05, 3.63) is 76.7 Å². The largest absolute Gasteiger partial charge is 0.368 e. The van der Waals surface area contributed by atoms with Crippen molar-refractivity contribution >= 4 is 5.82 Å². The molecule has 3 aromatic rings. The predicted molar refractivity (Wildman–Crippen MR) is 116 cm³/mol. The van der Waals surface area contributed by atoms with E-state index in [1.54, 1.807) is 11.9 Å². The third-order valence-electron chi connectivity index (χ3n) is 5.36. The number of nitrogens with zero attached hydrogens (tertiary/aromatic N) is 3. The Bertz CT molecular complexity index is 1020. The Morgan fingerprint density at radius 3 is 2.67 bits per heavy atom. The van der Waals surface area contributed by atoms with Gasteiger partial charge in [0.25, 0.3) is 6.43 Å². The van der Waals surface area contributed by atoms with Crippen molar-refractivity contribution in [3.8, 4) is 11.1 Å². The van der Waals surface area contributed by atoms with E-state index in [1.807, 2.05) is 18.2 Å². The molecule has 0 atom stereocenters. The molecule has 0 amide bonds. The molecule has 1 N–H and O–H groups in total. The van der Waals surface area contributed by atoms with Crippen molar-refractivity contribution < 1.29 is 8.78 Å². The summed E-state index contributed by atoms with van der Waals surface area (Å²) in [7, 11) is 1.71. The Hall–Kier alpha value is -2.86. The molecule has 2 aromatic carbocycles. The molecule has 156 valence electrons. The van der Waals surface area contributed by atoms with Crippen LogP contribution >= 0.6 is 0 Å². The summed E-state index contributed by atoms with van der Waals surface area (Å²) in [5.74, 6) is 1.56. The molecular weight excluding hydrogens is 382 g/mol. The summed E-state index contributed by atoms with van der Waals surface area (Å²) < 4.78 is 25.2. The average molecular weight is 408 g/mol. The lowest BCUT2D eigenvalue weighted by atomic mass is 10.0. The van der Waals surface area contributed by atoms with Crippen molar-refractivity contribution in [3.63, 3.8) is 0 Å². The van der Waals surface area contributed by atoms with Gasteiger partial charge in [-0.25, -0.2) is 18.7 Å². The van der Waals surface area contributed by atoms with E-state index in [0.29, 0.717) is 19.5 Å². The summed E-state index contributed by atoms with van der Waals surface area (Å²) in [5, 5.41) is 3.39. The van der Waals surface area contributed by atoms with Crippen LogP contribution in [0.4, 0.5) is 14.6 Å². The van der Waals surface area contributed by atoms with Gasteiger partial charge in [-0.15, -0.1) is 0 Å². The molecule has 1 aromatic heterocycles. The average Bonchev–Trinajstić information content (AvgIpc) is 3.05. The maximum absolute atomic E-state index is 12.6. The highest BCUT2D eigenvalue weighted by molar-refractivity contribution is 5.84. The number of nitrogens with one attached hydrogen (secondary N) is 1. The van der Waals surface area contributed by atoms with E-state index >= 15 is 0 Å². The molecule has 1 heterocycles. The first-order chi connectivity index (χ1) is 14.5. The van der Waals surface area contributed by atoms with Crippen LogP contribution in [0.15, 0.2) is 48.5 Å². The van der Waals surface area contributed by atoms with E-state index in [-0.39, 0.29) is 6.54 Å². The van der Waals surface area contributed by atoms with Crippen LogP contribution in [0, 0.1) is 6.92 Å². The maximum atomic E-state index is 12.6. The normalized spacial score (nSPS) is 12.3. The lowest BCUT2D eigenvalue weighted by Crippen LogP contribution is -2.29. The molecule has 4 nitrogen and oxygen atoms in total. The lowest BCUT2D eigenvalue weighted by Gasteiger charge is -2.18. The number of fused-ring (bicyclic) bond motifs is 3. The fourth-order valence-electron chi connectivity index (χ4n) is 3.94. The zero-order valence-corrected chi connectivity index (χ0v) is 17.3. The summed E-state index contributed by atoms with van der Waals surface area (Å²) >= 11 is 0. The first-order valence-corrected chi connectivity index (χ1v) is 10.2. The van der Waals surface area contributed by atoms with Crippen LogP contribution in [-0.2, 0) is 12.8 Å². The highest BCUT2D eigenvalue weighted by atomic mass is 19.3. The molecule has 0 saturated heterocycles. The molecule has 1 aliphatic carbocycles. The number of aromatic nitrogens is 2. The molecule has 30 heavy (non-hydrogen) atoms. The molecule has 0 radical (unpaired) electrons. The molecule has 0 bridgehead atoms. The second-order valence-electron chi connectivity index (χ2n) is 7.89. The SMILES string of the molecule is Cc1ccc2c(c1)Cc1nc(Cc3ccccc3)nc(NCCN(C)CC(F)F)c1-2. The maximum Gasteiger partial charge on any atom is 0.251 e. The van der Waals surface area contributed by atoms with Gasteiger partial charge in [-0.2, -0.15) is 0 Å². The molecule has 0 fully saturated rings. The summed E-state index contributed by atoms with van der Waals surface area (Å²) in [6.07, 6.45) is -0.883. The number of rotatable bonds is 8. The first-order valence-electron chi connectivity index (χ1n) is 10.2. The van der Waals surface area contributed by atoms with Gasteiger partial charge in [0.15, 0.2) is 0 Å². The third kappa shape index (κ3) is 4.65. The Kier molecular flexibility index (Phi) is 6.04. The van der Waals surface area contributed by atoms with Gasteiger partial charge in [0.2, 0.25) is 0 Å². The van der Waals surface area contributed by atoms with Crippen LogP contribution in [0.25, 0.3) is 11.1 Å². The van der Waals surface area contributed by atoms with Gasteiger partial charge >= 0.3 is 0 Å². The number of likely N-dealkylation sites (N-methyl/N-ethyl adjacent to an activating group) is 1. The Morgan fingerprint density at radius 1 is 1.10 bits per heavy atom. The van der Waals surface area contributed by atoms with Gasteiger partial charge in [0, 0.05) is 31.5 Å². The number of anilines is 1. The Labute approximate surface area is 176 Å². The minimum Gasteiger partial charge on any atom is -0.368 e. The van der Waals surface area contributed by atoms with Crippen LogP contribution < -0.4 is 5.32 Å². The van der Waals surface area contributed by atoms with E-state index in [9.17, 15) is 8.78 Å². The molecule has 4 rings (SSSR count). The third-order valence-corrected chi connectivity index (χ3v) is 5.36. The van der Waals surface area contributed by atoms with Gasteiger partial charge < -0.3 is 5.32 Å². The molecular formula is C24H26F2N4. The highest BCUT2D eigenvalue weighted by Crippen LogP contribution is 2.40. The number of hydrogen-bond donors (Lipinski definition) is 1. The monoisotopic (exact) mass is 408 g/mol. The number of benzene rings is 2. The second kappa shape index (κ2) is 8.88.